The largest absolute Gasteiger partial charge is 0.316 e. The molecular weight excluding hydrogens is 232 g/mol. The summed E-state index contributed by atoms with van der Waals surface area (Å²) in [5.41, 5.74) is 4.49. The van der Waals surface area contributed by atoms with Crippen molar-refractivity contribution in [3.63, 3.8) is 0 Å². The zero-order chi connectivity index (χ0) is 14.5. The first kappa shape index (κ1) is 16.2. The van der Waals surface area contributed by atoms with E-state index in [1.807, 2.05) is 0 Å². The molecule has 0 amide bonds. The van der Waals surface area contributed by atoms with Gasteiger partial charge in [0.1, 0.15) is 0 Å². The predicted octanol–water partition coefficient (Wildman–Crippen LogP) is 3.33. The highest BCUT2D eigenvalue weighted by molar-refractivity contribution is 5.34. The maximum Gasteiger partial charge on any atom is 0.0233 e. The highest BCUT2D eigenvalue weighted by Crippen LogP contribution is 2.24. The summed E-state index contributed by atoms with van der Waals surface area (Å²) >= 11 is 0. The predicted molar refractivity (Wildman–Crippen MR) is 84.8 cm³/mol. The zero-order valence-corrected chi connectivity index (χ0v) is 13.5. The van der Waals surface area contributed by atoms with Gasteiger partial charge in [0.25, 0.3) is 0 Å². The summed E-state index contributed by atoms with van der Waals surface area (Å²) in [6.07, 6.45) is 0. The topological polar surface area (TPSA) is 15.3 Å². The minimum Gasteiger partial charge on any atom is -0.316 e. The lowest BCUT2D eigenvalue weighted by atomic mass is 9.85. The van der Waals surface area contributed by atoms with Crippen LogP contribution in [0.25, 0.3) is 0 Å². The number of nitrogens with one attached hydrogen (secondary N) is 1. The monoisotopic (exact) mass is 262 g/mol. The van der Waals surface area contributed by atoms with Crippen LogP contribution < -0.4 is 5.32 Å². The van der Waals surface area contributed by atoms with E-state index in [0.29, 0.717) is 0 Å². The Balaban J connectivity index is 2.71. The number of aryl methyl sites for hydroxylation is 1. The Morgan fingerprint density at radius 2 is 1.89 bits per heavy atom. The lowest BCUT2D eigenvalue weighted by Crippen LogP contribution is -2.29. The summed E-state index contributed by atoms with van der Waals surface area (Å²) < 4.78 is 0. The third-order valence-electron chi connectivity index (χ3n) is 3.58. The van der Waals surface area contributed by atoms with Gasteiger partial charge in [-0.3, -0.25) is 0 Å². The van der Waals surface area contributed by atoms with E-state index >= 15 is 0 Å². The van der Waals surface area contributed by atoms with Gasteiger partial charge in [-0.15, -0.1) is 0 Å². The molecule has 0 spiro atoms. The molecule has 0 atom stereocenters. The summed E-state index contributed by atoms with van der Waals surface area (Å²) in [7, 11) is 2.19. The van der Waals surface area contributed by atoms with Crippen LogP contribution in [0, 0.1) is 6.92 Å². The SMILES string of the molecule is CCNCCN(C)Cc1cc(C(C)(C)C)ccc1C. The summed E-state index contributed by atoms with van der Waals surface area (Å²) in [5.74, 6) is 0. The summed E-state index contributed by atoms with van der Waals surface area (Å²) in [4.78, 5) is 2.39. The first-order chi connectivity index (χ1) is 8.84. The standard InChI is InChI=1S/C17H30N2/c1-7-18-10-11-19(6)13-15-12-16(17(3,4)5)9-8-14(15)2/h8-9,12,18H,7,10-11,13H2,1-6H3. The van der Waals surface area contributed by atoms with Crippen molar-refractivity contribution in [2.24, 2.45) is 0 Å². The highest BCUT2D eigenvalue weighted by Gasteiger charge is 2.15. The van der Waals surface area contributed by atoms with E-state index < -0.39 is 0 Å². The van der Waals surface area contributed by atoms with Gasteiger partial charge in [-0.25, -0.2) is 0 Å². The van der Waals surface area contributed by atoms with Gasteiger partial charge >= 0.3 is 0 Å². The Morgan fingerprint density at radius 1 is 1.21 bits per heavy atom. The molecule has 1 rings (SSSR count). The second kappa shape index (κ2) is 7.06. The summed E-state index contributed by atoms with van der Waals surface area (Å²) in [6, 6.07) is 6.89. The fraction of sp³-hybridized carbons (Fsp3) is 0.647. The highest BCUT2D eigenvalue weighted by atomic mass is 15.1. The molecule has 1 aromatic carbocycles. The molecule has 0 saturated carbocycles. The Hall–Kier alpha value is -0.860. The molecule has 0 heterocycles. The molecule has 0 saturated heterocycles. The molecule has 0 bridgehead atoms. The van der Waals surface area contributed by atoms with Gasteiger partial charge in [-0.1, -0.05) is 45.9 Å². The Kier molecular flexibility index (Phi) is 6.02. The van der Waals surface area contributed by atoms with Crippen LogP contribution in [0.15, 0.2) is 18.2 Å². The van der Waals surface area contributed by atoms with Crippen molar-refractivity contribution < 1.29 is 0 Å². The third kappa shape index (κ3) is 5.33. The zero-order valence-electron chi connectivity index (χ0n) is 13.5. The van der Waals surface area contributed by atoms with E-state index in [2.05, 4.69) is 70.1 Å². The minimum atomic E-state index is 0.227. The molecule has 0 fully saturated rings. The molecule has 1 N–H and O–H groups in total. The number of rotatable bonds is 6. The van der Waals surface area contributed by atoms with Crippen molar-refractivity contribution in [2.45, 2.75) is 46.6 Å². The van der Waals surface area contributed by atoms with E-state index in [0.717, 1.165) is 26.2 Å². The number of nitrogens with zero attached hydrogens (tertiary/aromatic N) is 1. The number of hydrogen-bond acceptors (Lipinski definition) is 2. The average Bonchev–Trinajstić information content (AvgIpc) is 2.31. The van der Waals surface area contributed by atoms with E-state index in [1.165, 1.54) is 16.7 Å². The van der Waals surface area contributed by atoms with E-state index in [-0.39, 0.29) is 5.41 Å². The quantitative estimate of drug-likeness (QED) is 0.791. The van der Waals surface area contributed by atoms with Crippen molar-refractivity contribution in [1.82, 2.24) is 10.2 Å². The van der Waals surface area contributed by atoms with Gasteiger partial charge in [0.05, 0.1) is 0 Å². The van der Waals surface area contributed by atoms with E-state index in [1.54, 1.807) is 0 Å². The van der Waals surface area contributed by atoms with Crippen LogP contribution in [-0.2, 0) is 12.0 Å². The second-order valence-corrected chi connectivity index (χ2v) is 6.48. The number of benzene rings is 1. The number of hydrogen-bond donors (Lipinski definition) is 1. The molecule has 2 nitrogen and oxygen atoms in total. The van der Waals surface area contributed by atoms with Gasteiger partial charge in [0.15, 0.2) is 0 Å². The molecule has 1 aromatic rings. The molecule has 0 aromatic heterocycles. The average molecular weight is 262 g/mol. The number of likely N-dealkylation sites (N-methyl/N-ethyl adjacent to an activating group) is 2. The smallest absolute Gasteiger partial charge is 0.0233 e. The van der Waals surface area contributed by atoms with Crippen LogP contribution in [0.3, 0.4) is 0 Å². The fourth-order valence-electron chi connectivity index (χ4n) is 2.12. The Morgan fingerprint density at radius 3 is 2.47 bits per heavy atom. The van der Waals surface area contributed by atoms with Crippen molar-refractivity contribution in [1.29, 1.82) is 0 Å². The second-order valence-electron chi connectivity index (χ2n) is 6.48. The first-order valence-corrected chi connectivity index (χ1v) is 7.34. The molecule has 0 aliphatic rings. The maximum absolute atomic E-state index is 3.37. The molecule has 19 heavy (non-hydrogen) atoms. The van der Waals surface area contributed by atoms with Crippen molar-refractivity contribution in [3.05, 3.63) is 34.9 Å². The van der Waals surface area contributed by atoms with E-state index in [4.69, 9.17) is 0 Å². The van der Waals surface area contributed by atoms with Crippen LogP contribution in [0.5, 0.6) is 0 Å². The van der Waals surface area contributed by atoms with Crippen LogP contribution in [-0.4, -0.2) is 31.6 Å². The molecule has 2 heteroatoms. The van der Waals surface area contributed by atoms with Gasteiger partial charge < -0.3 is 10.2 Å². The summed E-state index contributed by atoms with van der Waals surface area (Å²) in [6.45, 7) is 15.4. The van der Waals surface area contributed by atoms with E-state index in [9.17, 15) is 0 Å². The Labute approximate surface area is 119 Å². The molecule has 0 aliphatic carbocycles. The lowest BCUT2D eigenvalue weighted by Gasteiger charge is -2.23. The molecule has 108 valence electrons. The van der Waals surface area contributed by atoms with Gasteiger partial charge in [-0.2, -0.15) is 0 Å². The van der Waals surface area contributed by atoms with Crippen molar-refractivity contribution in [2.75, 3.05) is 26.7 Å². The van der Waals surface area contributed by atoms with Crippen molar-refractivity contribution in [3.8, 4) is 0 Å². The summed E-state index contributed by atoms with van der Waals surface area (Å²) in [5, 5.41) is 3.37. The molecule has 0 radical (unpaired) electrons. The lowest BCUT2D eigenvalue weighted by molar-refractivity contribution is 0.324. The van der Waals surface area contributed by atoms with Crippen LogP contribution >= 0.6 is 0 Å². The van der Waals surface area contributed by atoms with Gasteiger partial charge in [0.2, 0.25) is 0 Å². The van der Waals surface area contributed by atoms with Gasteiger partial charge in [-0.05, 0) is 42.6 Å². The van der Waals surface area contributed by atoms with Crippen LogP contribution in [0.1, 0.15) is 44.4 Å². The van der Waals surface area contributed by atoms with Crippen LogP contribution in [0.4, 0.5) is 0 Å². The maximum atomic E-state index is 3.37. The molecule has 0 aliphatic heterocycles. The minimum absolute atomic E-state index is 0.227. The third-order valence-corrected chi connectivity index (χ3v) is 3.58. The molecular formula is C17H30N2. The van der Waals surface area contributed by atoms with Crippen molar-refractivity contribution >= 4 is 0 Å². The fourth-order valence-corrected chi connectivity index (χ4v) is 2.12. The van der Waals surface area contributed by atoms with Gasteiger partial charge in [0, 0.05) is 19.6 Å². The van der Waals surface area contributed by atoms with Crippen LogP contribution in [0.2, 0.25) is 0 Å². The molecule has 0 unspecified atom stereocenters. The first-order valence-electron chi connectivity index (χ1n) is 7.34. The Bertz CT molecular complexity index is 391. The normalized spacial score (nSPS) is 12.2.